The average Bonchev–Trinajstić information content (AvgIpc) is 2.46. The molecule has 0 aliphatic heterocycles. The van der Waals surface area contributed by atoms with Crippen molar-refractivity contribution >= 4 is 5.69 Å². The molecule has 3 N–H and O–H groups in total. The fraction of sp³-hybridized carbons (Fsp3) is 0.250. The molecule has 0 unspecified atom stereocenters. The first kappa shape index (κ1) is 14.2. The smallest absolute Gasteiger partial charge is 0.122 e. The van der Waals surface area contributed by atoms with E-state index in [-0.39, 0.29) is 6.61 Å². The van der Waals surface area contributed by atoms with Crippen LogP contribution in [0.5, 0.6) is 11.5 Å². The second kappa shape index (κ2) is 7.40. The van der Waals surface area contributed by atoms with Gasteiger partial charge in [-0.25, -0.2) is 0 Å². The summed E-state index contributed by atoms with van der Waals surface area (Å²) < 4.78 is 11.2. The summed E-state index contributed by atoms with van der Waals surface area (Å²) in [7, 11) is 0. The number of hydrogen-bond acceptors (Lipinski definition) is 4. The molecule has 106 valence electrons. The van der Waals surface area contributed by atoms with E-state index in [0.29, 0.717) is 25.3 Å². The topological polar surface area (TPSA) is 64.7 Å². The van der Waals surface area contributed by atoms with Gasteiger partial charge in [0.1, 0.15) is 24.7 Å². The third kappa shape index (κ3) is 4.17. The summed E-state index contributed by atoms with van der Waals surface area (Å²) in [4.78, 5) is 0. The number of hydrogen-bond donors (Lipinski definition) is 2. The van der Waals surface area contributed by atoms with E-state index >= 15 is 0 Å². The third-order valence-electron chi connectivity index (χ3n) is 2.82. The van der Waals surface area contributed by atoms with Gasteiger partial charge in [0.05, 0.1) is 0 Å². The minimum absolute atomic E-state index is 0.111. The lowest BCUT2D eigenvalue weighted by atomic mass is 10.1. The van der Waals surface area contributed by atoms with Gasteiger partial charge in [0.15, 0.2) is 0 Å². The molecule has 2 aromatic carbocycles. The Morgan fingerprint density at radius 2 is 1.75 bits per heavy atom. The molecule has 0 atom stereocenters. The second-order valence-electron chi connectivity index (χ2n) is 4.35. The molecule has 0 saturated carbocycles. The molecule has 4 heteroatoms. The van der Waals surface area contributed by atoms with Gasteiger partial charge in [-0.3, -0.25) is 0 Å². The highest BCUT2D eigenvalue weighted by Gasteiger charge is 2.02. The van der Waals surface area contributed by atoms with E-state index < -0.39 is 0 Å². The summed E-state index contributed by atoms with van der Waals surface area (Å²) in [6.45, 7) is 0.994. The van der Waals surface area contributed by atoms with Gasteiger partial charge >= 0.3 is 0 Å². The zero-order valence-electron chi connectivity index (χ0n) is 11.3. The van der Waals surface area contributed by atoms with E-state index in [1.54, 1.807) is 6.07 Å². The summed E-state index contributed by atoms with van der Waals surface area (Å²) in [5.74, 6) is 1.52. The zero-order chi connectivity index (χ0) is 14.2. The molecule has 0 aliphatic carbocycles. The fourth-order valence-corrected chi connectivity index (χ4v) is 1.89. The minimum Gasteiger partial charge on any atom is -0.490 e. The van der Waals surface area contributed by atoms with Crippen LogP contribution < -0.4 is 15.2 Å². The first-order chi connectivity index (χ1) is 9.79. The fourth-order valence-electron chi connectivity index (χ4n) is 1.89. The van der Waals surface area contributed by atoms with Gasteiger partial charge in [0, 0.05) is 18.4 Å². The molecule has 0 fully saturated rings. The van der Waals surface area contributed by atoms with Crippen LogP contribution in [0.25, 0.3) is 0 Å². The monoisotopic (exact) mass is 273 g/mol. The summed E-state index contributed by atoms with van der Waals surface area (Å²) in [5.41, 5.74) is 7.35. The van der Waals surface area contributed by atoms with Crippen LogP contribution in [0.1, 0.15) is 5.56 Å². The average molecular weight is 273 g/mol. The van der Waals surface area contributed by atoms with Crippen LogP contribution in [-0.4, -0.2) is 24.9 Å². The van der Waals surface area contributed by atoms with E-state index in [1.165, 1.54) is 0 Å². The predicted octanol–water partition coefficient (Wildman–Crippen LogP) is 2.26. The molecule has 0 aliphatic rings. The Morgan fingerprint density at radius 1 is 0.950 bits per heavy atom. The Bertz CT molecular complexity index is 543. The van der Waals surface area contributed by atoms with Crippen molar-refractivity contribution in [3.63, 3.8) is 0 Å². The van der Waals surface area contributed by atoms with Gasteiger partial charge in [0.2, 0.25) is 0 Å². The van der Waals surface area contributed by atoms with Crippen molar-refractivity contribution in [1.29, 1.82) is 0 Å². The van der Waals surface area contributed by atoms with E-state index in [9.17, 15) is 0 Å². The number of rotatable bonds is 7. The van der Waals surface area contributed by atoms with Crippen molar-refractivity contribution < 1.29 is 14.6 Å². The summed E-state index contributed by atoms with van der Waals surface area (Å²) in [5, 5.41) is 9.00. The van der Waals surface area contributed by atoms with Crippen LogP contribution in [0.2, 0.25) is 0 Å². The molecule has 4 nitrogen and oxygen atoms in total. The molecular formula is C16H19NO3. The number of aliphatic hydroxyl groups is 1. The van der Waals surface area contributed by atoms with Gasteiger partial charge in [-0.2, -0.15) is 0 Å². The normalized spacial score (nSPS) is 10.2. The van der Waals surface area contributed by atoms with Crippen molar-refractivity contribution in [2.75, 3.05) is 25.6 Å². The molecule has 0 heterocycles. The Kier molecular flexibility index (Phi) is 5.26. The Morgan fingerprint density at radius 3 is 2.55 bits per heavy atom. The maximum absolute atomic E-state index is 9.00. The third-order valence-corrected chi connectivity index (χ3v) is 2.82. The van der Waals surface area contributed by atoms with Crippen molar-refractivity contribution in [2.24, 2.45) is 0 Å². The lowest BCUT2D eigenvalue weighted by molar-refractivity contribution is 0.215. The Labute approximate surface area is 118 Å². The quantitative estimate of drug-likeness (QED) is 0.600. The number of para-hydroxylation sites is 1. The summed E-state index contributed by atoms with van der Waals surface area (Å²) in [6, 6.07) is 15.0. The number of nitrogen functional groups attached to an aromatic ring is 1. The molecule has 0 amide bonds. The highest BCUT2D eigenvalue weighted by Crippen LogP contribution is 2.18. The number of ether oxygens (including phenoxy) is 2. The highest BCUT2D eigenvalue weighted by atomic mass is 16.5. The van der Waals surface area contributed by atoms with E-state index in [4.69, 9.17) is 20.3 Å². The number of anilines is 1. The van der Waals surface area contributed by atoms with Gasteiger partial charge in [-0.15, -0.1) is 0 Å². The Balaban J connectivity index is 1.81. The van der Waals surface area contributed by atoms with Crippen LogP contribution in [-0.2, 0) is 6.42 Å². The standard InChI is InChI=1S/C16H19NO3/c17-14-5-3-6-15(12-14)19-10-11-20-16-7-2-1-4-13(16)8-9-18/h1-7,12,18H,8-11,17H2. The lowest BCUT2D eigenvalue weighted by Gasteiger charge is -2.11. The highest BCUT2D eigenvalue weighted by molar-refractivity contribution is 5.43. The number of aliphatic hydroxyl groups excluding tert-OH is 1. The second-order valence-corrected chi connectivity index (χ2v) is 4.35. The molecule has 2 rings (SSSR count). The molecule has 0 bridgehead atoms. The van der Waals surface area contributed by atoms with Crippen LogP contribution in [0.15, 0.2) is 48.5 Å². The molecular weight excluding hydrogens is 254 g/mol. The van der Waals surface area contributed by atoms with Crippen molar-refractivity contribution in [3.05, 3.63) is 54.1 Å². The van der Waals surface area contributed by atoms with Crippen molar-refractivity contribution in [2.45, 2.75) is 6.42 Å². The summed E-state index contributed by atoms with van der Waals surface area (Å²) in [6.07, 6.45) is 0.590. The molecule has 20 heavy (non-hydrogen) atoms. The SMILES string of the molecule is Nc1cccc(OCCOc2ccccc2CCO)c1. The maximum Gasteiger partial charge on any atom is 0.122 e. The van der Waals surface area contributed by atoms with E-state index in [0.717, 1.165) is 17.1 Å². The molecule has 0 radical (unpaired) electrons. The van der Waals surface area contributed by atoms with Crippen molar-refractivity contribution in [3.8, 4) is 11.5 Å². The molecule has 0 saturated heterocycles. The van der Waals surface area contributed by atoms with E-state index in [1.807, 2.05) is 42.5 Å². The van der Waals surface area contributed by atoms with Crippen LogP contribution in [0, 0.1) is 0 Å². The zero-order valence-corrected chi connectivity index (χ0v) is 11.3. The first-order valence-corrected chi connectivity index (χ1v) is 6.59. The van der Waals surface area contributed by atoms with Gasteiger partial charge in [-0.05, 0) is 30.2 Å². The van der Waals surface area contributed by atoms with E-state index in [2.05, 4.69) is 0 Å². The summed E-state index contributed by atoms with van der Waals surface area (Å²) >= 11 is 0. The van der Waals surface area contributed by atoms with Gasteiger partial charge < -0.3 is 20.3 Å². The molecule has 0 aromatic heterocycles. The first-order valence-electron chi connectivity index (χ1n) is 6.59. The number of benzene rings is 2. The molecule has 0 spiro atoms. The van der Waals surface area contributed by atoms with Crippen LogP contribution in [0.3, 0.4) is 0 Å². The lowest BCUT2D eigenvalue weighted by Crippen LogP contribution is -2.10. The van der Waals surface area contributed by atoms with Gasteiger partial charge in [0.25, 0.3) is 0 Å². The van der Waals surface area contributed by atoms with Gasteiger partial charge in [-0.1, -0.05) is 24.3 Å². The maximum atomic E-state index is 9.00. The largest absolute Gasteiger partial charge is 0.490 e. The van der Waals surface area contributed by atoms with Crippen LogP contribution >= 0.6 is 0 Å². The predicted molar refractivity (Wildman–Crippen MR) is 79.1 cm³/mol. The van der Waals surface area contributed by atoms with Crippen molar-refractivity contribution in [1.82, 2.24) is 0 Å². The van der Waals surface area contributed by atoms with Crippen LogP contribution in [0.4, 0.5) is 5.69 Å². The number of nitrogens with two attached hydrogens (primary N) is 1. The Hall–Kier alpha value is -2.20. The minimum atomic E-state index is 0.111. The molecule has 2 aromatic rings.